The van der Waals surface area contributed by atoms with Crippen molar-refractivity contribution in [2.24, 2.45) is 7.05 Å². The zero-order valence-corrected chi connectivity index (χ0v) is 15.0. The number of carbonyl (C=O) groups excluding carboxylic acids is 1. The summed E-state index contributed by atoms with van der Waals surface area (Å²) >= 11 is 0. The number of nitrogens with one attached hydrogen (secondary N) is 1. The van der Waals surface area contributed by atoms with Gasteiger partial charge < -0.3 is 10.1 Å². The Morgan fingerprint density at radius 1 is 1.31 bits per heavy atom. The van der Waals surface area contributed by atoms with Gasteiger partial charge >= 0.3 is 0 Å². The van der Waals surface area contributed by atoms with E-state index in [1.807, 2.05) is 32.0 Å². The number of nitrogens with zero attached hydrogens (tertiary/aromatic N) is 4. The fraction of sp³-hybridized carbons (Fsp3) is 0.263. The van der Waals surface area contributed by atoms with Crippen molar-refractivity contribution >= 4 is 5.91 Å². The fourth-order valence-corrected chi connectivity index (χ4v) is 2.57. The zero-order chi connectivity index (χ0) is 18.5. The molecule has 2 aromatic heterocycles. The molecular formula is C19H21N5O2. The first-order valence-corrected chi connectivity index (χ1v) is 8.45. The fourth-order valence-electron chi connectivity index (χ4n) is 2.57. The molecule has 0 aliphatic rings. The Bertz CT molecular complexity index is 892. The van der Waals surface area contributed by atoms with Crippen LogP contribution in [0.5, 0.6) is 5.75 Å². The van der Waals surface area contributed by atoms with Gasteiger partial charge in [0.2, 0.25) is 0 Å². The Morgan fingerprint density at radius 3 is 2.81 bits per heavy atom. The molecule has 7 heteroatoms. The van der Waals surface area contributed by atoms with Crippen molar-refractivity contribution in [3.05, 3.63) is 60.0 Å². The Morgan fingerprint density at radius 2 is 2.15 bits per heavy atom. The van der Waals surface area contributed by atoms with Crippen LogP contribution >= 0.6 is 0 Å². The minimum Gasteiger partial charge on any atom is -0.484 e. The van der Waals surface area contributed by atoms with Crippen LogP contribution in [-0.2, 0) is 7.05 Å². The Hall–Kier alpha value is -3.22. The molecular weight excluding hydrogens is 330 g/mol. The van der Waals surface area contributed by atoms with Crippen LogP contribution in [0.2, 0.25) is 0 Å². The smallest absolute Gasteiger partial charge is 0.251 e. The second-order valence-electron chi connectivity index (χ2n) is 5.86. The molecule has 0 aliphatic carbocycles. The molecule has 0 fully saturated rings. The van der Waals surface area contributed by atoms with Crippen LogP contribution in [0.25, 0.3) is 11.3 Å². The van der Waals surface area contributed by atoms with Crippen molar-refractivity contribution in [3.63, 3.8) is 0 Å². The summed E-state index contributed by atoms with van der Waals surface area (Å²) in [4.78, 5) is 16.5. The van der Waals surface area contributed by atoms with E-state index in [1.54, 1.807) is 42.3 Å². The number of pyridine rings is 1. The van der Waals surface area contributed by atoms with Gasteiger partial charge in [-0.25, -0.2) is 0 Å². The maximum absolute atomic E-state index is 12.2. The number of rotatable bonds is 6. The van der Waals surface area contributed by atoms with E-state index in [-0.39, 0.29) is 12.0 Å². The molecule has 1 N–H and O–H groups in total. The monoisotopic (exact) mass is 351 g/mol. The zero-order valence-electron chi connectivity index (χ0n) is 15.0. The number of ether oxygens (including phenoxy) is 1. The summed E-state index contributed by atoms with van der Waals surface area (Å²) in [5.74, 6) is 0.485. The molecule has 7 nitrogen and oxygen atoms in total. The van der Waals surface area contributed by atoms with Gasteiger partial charge in [-0.15, -0.1) is 5.10 Å². The highest BCUT2D eigenvalue weighted by Gasteiger charge is 2.17. The molecule has 0 unspecified atom stereocenters. The number of benzene rings is 1. The summed E-state index contributed by atoms with van der Waals surface area (Å²) in [5, 5.41) is 10.9. The van der Waals surface area contributed by atoms with Crippen molar-refractivity contribution in [1.82, 2.24) is 25.3 Å². The lowest BCUT2D eigenvalue weighted by Gasteiger charge is -2.17. The van der Waals surface area contributed by atoms with Crippen LogP contribution in [0.15, 0.2) is 48.8 Å². The number of hydrogen-bond donors (Lipinski definition) is 1. The summed E-state index contributed by atoms with van der Waals surface area (Å²) in [6.45, 7) is 4.38. The predicted octanol–water partition coefficient (Wildman–Crippen LogP) is 2.77. The van der Waals surface area contributed by atoms with Crippen molar-refractivity contribution in [2.45, 2.75) is 20.0 Å². The van der Waals surface area contributed by atoms with Gasteiger partial charge in [-0.05, 0) is 44.2 Å². The summed E-state index contributed by atoms with van der Waals surface area (Å²) in [7, 11) is 1.79. The van der Waals surface area contributed by atoms with Gasteiger partial charge in [0.1, 0.15) is 17.5 Å². The topological polar surface area (TPSA) is 81.9 Å². The lowest BCUT2D eigenvalue weighted by atomic mass is 10.1. The number of aryl methyl sites for hydroxylation is 1. The van der Waals surface area contributed by atoms with E-state index in [4.69, 9.17) is 4.74 Å². The lowest BCUT2D eigenvalue weighted by Crippen LogP contribution is -2.22. The van der Waals surface area contributed by atoms with Crippen molar-refractivity contribution in [1.29, 1.82) is 0 Å². The van der Waals surface area contributed by atoms with Crippen LogP contribution in [0.3, 0.4) is 0 Å². The largest absolute Gasteiger partial charge is 0.484 e. The van der Waals surface area contributed by atoms with E-state index in [0.29, 0.717) is 29.1 Å². The van der Waals surface area contributed by atoms with E-state index < -0.39 is 0 Å². The standard InChI is InChI=1S/C19H21N5O2/c1-4-20-19(25)14-8-9-18(15(11-14)17-12-24(3)23-22-17)26-13(2)16-7-5-6-10-21-16/h5-13H,4H2,1-3H3,(H,20,25)/t13-/m0/s1. The molecule has 0 spiro atoms. The molecule has 0 saturated heterocycles. The van der Waals surface area contributed by atoms with Crippen LogP contribution < -0.4 is 10.1 Å². The quantitative estimate of drug-likeness (QED) is 0.738. The highest BCUT2D eigenvalue weighted by atomic mass is 16.5. The van der Waals surface area contributed by atoms with Gasteiger partial charge in [-0.3, -0.25) is 14.5 Å². The first-order valence-electron chi connectivity index (χ1n) is 8.45. The molecule has 0 radical (unpaired) electrons. The minimum atomic E-state index is -0.248. The van der Waals surface area contributed by atoms with E-state index in [0.717, 1.165) is 5.69 Å². The Kier molecular flexibility index (Phi) is 5.26. The Labute approximate surface area is 152 Å². The van der Waals surface area contributed by atoms with Gasteiger partial charge in [0.15, 0.2) is 0 Å². The van der Waals surface area contributed by atoms with Gasteiger partial charge in [-0.1, -0.05) is 11.3 Å². The SMILES string of the molecule is CCNC(=O)c1ccc(O[C@@H](C)c2ccccn2)c(-c2cn(C)nn2)c1. The third kappa shape index (κ3) is 3.88. The predicted molar refractivity (Wildman–Crippen MR) is 97.7 cm³/mol. The molecule has 3 rings (SSSR count). The van der Waals surface area contributed by atoms with E-state index in [1.165, 1.54) is 0 Å². The third-order valence-electron chi connectivity index (χ3n) is 3.87. The van der Waals surface area contributed by atoms with Crippen LogP contribution in [0.1, 0.15) is 36.0 Å². The third-order valence-corrected chi connectivity index (χ3v) is 3.87. The van der Waals surface area contributed by atoms with Gasteiger partial charge in [0, 0.05) is 30.9 Å². The molecule has 0 aliphatic heterocycles. The summed E-state index contributed by atoms with van der Waals surface area (Å²) < 4.78 is 7.73. The summed E-state index contributed by atoms with van der Waals surface area (Å²) in [6, 6.07) is 11.0. The first kappa shape index (κ1) is 17.6. The first-order chi connectivity index (χ1) is 12.6. The van der Waals surface area contributed by atoms with Crippen molar-refractivity contribution in [3.8, 4) is 17.0 Å². The van der Waals surface area contributed by atoms with Crippen LogP contribution in [0.4, 0.5) is 0 Å². The molecule has 3 aromatic rings. The highest BCUT2D eigenvalue weighted by Crippen LogP contribution is 2.32. The maximum atomic E-state index is 12.2. The normalized spacial score (nSPS) is 11.8. The van der Waals surface area contributed by atoms with Gasteiger partial charge in [0.05, 0.1) is 11.9 Å². The second kappa shape index (κ2) is 7.77. The van der Waals surface area contributed by atoms with Gasteiger partial charge in [0.25, 0.3) is 5.91 Å². The average Bonchev–Trinajstić information content (AvgIpc) is 3.09. The van der Waals surface area contributed by atoms with E-state index in [9.17, 15) is 4.79 Å². The van der Waals surface area contributed by atoms with E-state index in [2.05, 4.69) is 20.6 Å². The lowest BCUT2D eigenvalue weighted by molar-refractivity contribution is 0.0956. The molecule has 0 bridgehead atoms. The molecule has 1 amide bonds. The average molecular weight is 351 g/mol. The molecule has 134 valence electrons. The number of aromatic nitrogens is 4. The maximum Gasteiger partial charge on any atom is 0.251 e. The molecule has 0 saturated carbocycles. The van der Waals surface area contributed by atoms with E-state index >= 15 is 0 Å². The highest BCUT2D eigenvalue weighted by molar-refractivity contribution is 5.95. The Balaban J connectivity index is 1.97. The molecule has 1 aromatic carbocycles. The van der Waals surface area contributed by atoms with Crippen LogP contribution in [0, 0.1) is 0 Å². The van der Waals surface area contributed by atoms with Crippen molar-refractivity contribution < 1.29 is 9.53 Å². The summed E-state index contributed by atoms with van der Waals surface area (Å²) in [6.07, 6.45) is 3.27. The van der Waals surface area contributed by atoms with Crippen LogP contribution in [-0.4, -0.2) is 32.4 Å². The second-order valence-corrected chi connectivity index (χ2v) is 5.86. The minimum absolute atomic E-state index is 0.137. The number of amides is 1. The van der Waals surface area contributed by atoms with Crippen molar-refractivity contribution in [2.75, 3.05) is 6.54 Å². The molecule has 2 heterocycles. The summed E-state index contributed by atoms with van der Waals surface area (Å²) in [5.41, 5.74) is 2.72. The van der Waals surface area contributed by atoms with Gasteiger partial charge in [-0.2, -0.15) is 0 Å². The number of hydrogen-bond acceptors (Lipinski definition) is 5. The number of carbonyl (C=O) groups is 1. The molecule has 26 heavy (non-hydrogen) atoms. The molecule has 1 atom stereocenters.